The molecule has 2 rings (SSSR count). The Bertz CT molecular complexity index is 385. The largest absolute Gasteiger partial charge is 0.374 e. The van der Waals surface area contributed by atoms with Crippen molar-refractivity contribution >= 4 is 5.69 Å². The van der Waals surface area contributed by atoms with E-state index in [9.17, 15) is 0 Å². The van der Waals surface area contributed by atoms with E-state index >= 15 is 0 Å². The van der Waals surface area contributed by atoms with Crippen molar-refractivity contribution in [2.45, 2.75) is 12.8 Å². The number of nitriles is 1. The zero-order chi connectivity index (χ0) is 12.1. The van der Waals surface area contributed by atoms with Crippen LogP contribution in [0.15, 0.2) is 24.3 Å². The van der Waals surface area contributed by atoms with E-state index in [4.69, 9.17) is 5.26 Å². The van der Waals surface area contributed by atoms with Crippen LogP contribution < -0.4 is 10.2 Å². The van der Waals surface area contributed by atoms with Crippen LogP contribution >= 0.6 is 0 Å². The van der Waals surface area contributed by atoms with E-state index in [1.54, 1.807) is 0 Å². The Morgan fingerprint density at radius 1 is 1.29 bits per heavy atom. The van der Waals surface area contributed by atoms with Gasteiger partial charge in [0.15, 0.2) is 0 Å². The molecule has 1 N–H and O–H groups in total. The predicted molar refractivity (Wildman–Crippen MR) is 70.0 cm³/mol. The quantitative estimate of drug-likeness (QED) is 0.861. The van der Waals surface area contributed by atoms with Crippen molar-refractivity contribution in [2.24, 2.45) is 5.92 Å². The third-order valence-corrected chi connectivity index (χ3v) is 3.43. The summed E-state index contributed by atoms with van der Waals surface area (Å²) < 4.78 is 0. The third-order valence-electron chi connectivity index (χ3n) is 3.43. The van der Waals surface area contributed by atoms with Crippen LogP contribution in [0, 0.1) is 17.2 Å². The number of piperidine rings is 1. The zero-order valence-electron chi connectivity index (χ0n) is 10.3. The SMILES string of the molecule is CN(CC1CCNCC1)c1ccc(C#N)cc1. The molecule has 1 aromatic carbocycles. The summed E-state index contributed by atoms with van der Waals surface area (Å²) in [5.41, 5.74) is 1.92. The smallest absolute Gasteiger partial charge is 0.0991 e. The van der Waals surface area contributed by atoms with Gasteiger partial charge >= 0.3 is 0 Å². The summed E-state index contributed by atoms with van der Waals surface area (Å²) in [7, 11) is 2.13. The van der Waals surface area contributed by atoms with Crippen LogP contribution in [0.25, 0.3) is 0 Å². The summed E-state index contributed by atoms with van der Waals surface area (Å²) in [6.45, 7) is 3.39. The van der Waals surface area contributed by atoms with Gasteiger partial charge in [0.25, 0.3) is 0 Å². The topological polar surface area (TPSA) is 39.1 Å². The van der Waals surface area contributed by atoms with Crippen LogP contribution in [-0.2, 0) is 0 Å². The highest BCUT2D eigenvalue weighted by molar-refractivity contribution is 5.49. The first kappa shape index (κ1) is 11.9. The van der Waals surface area contributed by atoms with Gasteiger partial charge in [0.1, 0.15) is 0 Å². The zero-order valence-corrected chi connectivity index (χ0v) is 10.3. The first-order valence-electron chi connectivity index (χ1n) is 6.21. The third kappa shape index (κ3) is 3.21. The second-order valence-corrected chi connectivity index (χ2v) is 4.73. The highest BCUT2D eigenvalue weighted by Gasteiger charge is 2.15. The Hall–Kier alpha value is -1.53. The minimum absolute atomic E-state index is 0.726. The maximum Gasteiger partial charge on any atom is 0.0991 e. The van der Waals surface area contributed by atoms with Gasteiger partial charge < -0.3 is 10.2 Å². The van der Waals surface area contributed by atoms with Crippen LogP contribution in [0.1, 0.15) is 18.4 Å². The summed E-state index contributed by atoms with van der Waals surface area (Å²) in [5.74, 6) is 0.789. The number of rotatable bonds is 3. The van der Waals surface area contributed by atoms with E-state index in [1.807, 2.05) is 24.3 Å². The molecule has 90 valence electrons. The molecule has 0 bridgehead atoms. The lowest BCUT2D eigenvalue weighted by molar-refractivity contribution is 0.378. The fourth-order valence-electron chi connectivity index (χ4n) is 2.35. The van der Waals surface area contributed by atoms with Gasteiger partial charge in [0, 0.05) is 19.3 Å². The molecule has 1 heterocycles. The molecule has 0 saturated carbocycles. The standard InChI is InChI=1S/C14H19N3/c1-17(11-13-6-8-16-9-7-13)14-4-2-12(10-15)3-5-14/h2-5,13,16H,6-9,11H2,1H3. The van der Waals surface area contributed by atoms with Crippen LogP contribution in [0.2, 0.25) is 0 Å². The monoisotopic (exact) mass is 229 g/mol. The van der Waals surface area contributed by atoms with Crippen LogP contribution in [0.5, 0.6) is 0 Å². The first-order valence-corrected chi connectivity index (χ1v) is 6.21. The van der Waals surface area contributed by atoms with E-state index < -0.39 is 0 Å². The minimum Gasteiger partial charge on any atom is -0.374 e. The summed E-state index contributed by atoms with van der Waals surface area (Å²) in [4.78, 5) is 2.29. The summed E-state index contributed by atoms with van der Waals surface area (Å²) in [6.07, 6.45) is 2.53. The fourth-order valence-corrected chi connectivity index (χ4v) is 2.35. The normalized spacial score (nSPS) is 16.5. The molecule has 0 radical (unpaired) electrons. The Morgan fingerprint density at radius 2 is 1.94 bits per heavy atom. The number of hydrogen-bond acceptors (Lipinski definition) is 3. The molecular formula is C14H19N3. The lowest BCUT2D eigenvalue weighted by Crippen LogP contribution is -2.34. The number of benzene rings is 1. The van der Waals surface area contributed by atoms with Gasteiger partial charge in [-0.05, 0) is 56.1 Å². The van der Waals surface area contributed by atoms with Crippen molar-refractivity contribution in [1.82, 2.24) is 5.32 Å². The molecule has 0 aliphatic carbocycles. The molecule has 1 aliphatic rings. The van der Waals surface area contributed by atoms with Crippen molar-refractivity contribution in [3.8, 4) is 6.07 Å². The molecule has 0 atom stereocenters. The molecular weight excluding hydrogens is 210 g/mol. The molecule has 3 nitrogen and oxygen atoms in total. The first-order chi connectivity index (χ1) is 8.29. The Morgan fingerprint density at radius 3 is 2.53 bits per heavy atom. The maximum absolute atomic E-state index is 8.76. The predicted octanol–water partition coefficient (Wildman–Crippen LogP) is 1.99. The minimum atomic E-state index is 0.726. The second kappa shape index (κ2) is 5.70. The van der Waals surface area contributed by atoms with Crippen LogP contribution in [-0.4, -0.2) is 26.7 Å². The van der Waals surface area contributed by atoms with Crippen LogP contribution in [0.3, 0.4) is 0 Å². The molecule has 0 unspecified atom stereocenters. The Balaban J connectivity index is 1.94. The van der Waals surface area contributed by atoms with Crippen molar-refractivity contribution < 1.29 is 0 Å². The van der Waals surface area contributed by atoms with Crippen molar-refractivity contribution in [2.75, 3.05) is 31.6 Å². The number of nitrogens with zero attached hydrogens (tertiary/aromatic N) is 2. The summed E-state index contributed by atoms with van der Waals surface area (Å²) in [6, 6.07) is 9.97. The second-order valence-electron chi connectivity index (χ2n) is 4.73. The van der Waals surface area contributed by atoms with E-state index in [2.05, 4.69) is 23.3 Å². The molecule has 3 heteroatoms. The van der Waals surface area contributed by atoms with Crippen LogP contribution in [0.4, 0.5) is 5.69 Å². The average molecular weight is 229 g/mol. The molecule has 1 saturated heterocycles. The van der Waals surface area contributed by atoms with Gasteiger partial charge in [0.2, 0.25) is 0 Å². The molecule has 17 heavy (non-hydrogen) atoms. The molecule has 0 aromatic heterocycles. The van der Waals surface area contributed by atoms with Crippen molar-refractivity contribution in [1.29, 1.82) is 5.26 Å². The molecule has 0 spiro atoms. The fraction of sp³-hybridized carbons (Fsp3) is 0.500. The Kier molecular flexibility index (Phi) is 4.00. The highest BCUT2D eigenvalue weighted by atomic mass is 15.1. The van der Waals surface area contributed by atoms with E-state index in [0.717, 1.165) is 31.1 Å². The summed E-state index contributed by atoms with van der Waals surface area (Å²) in [5, 5.41) is 12.1. The van der Waals surface area contributed by atoms with Crippen molar-refractivity contribution in [3.05, 3.63) is 29.8 Å². The lowest BCUT2D eigenvalue weighted by atomic mass is 9.97. The van der Waals surface area contributed by atoms with E-state index in [0.29, 0.717) is 0 Å². The molecule has 1 aliphatic heterocycles. The van der Waals surface area contributed by atoms with E-state index in [1.165, 1.54) is 18.5 Å². The lowest BCUT2D eigenvalue weighted by Gasteiger charge is -2.28. The summed E-state index contributed by atoms with van der Waals surface area (Å²) >= 11 is 0. The number of hydrogen-bond donors (Lipinski definition) is 1. The maximum atomic E-state index is 8.76. The molecule has 1 fully saturated rings. The average Bonchev–Trinajstić information content (AvgIpc) is 2.40. The van der Waals surface area contributed by atoms with Gasteiger partial charge in [0.05, 0.1) is 11.6 Å². The van der Waals surface area contributed by atoms with Gasteiger partial charge in [-0.15, -0.1) is 0 Å². The molecule has 0 amide bonds. The highest BCUT2D eigenvalue weighted by Crippen LogP contribution is 2.18. The van der Waals surface area contributed by atoms with Gasteiger partial charge in [-0.2, -0.15) is 5.26 Å². The van der Waals surface area contributed by atoms with Gasteiger partial charge in [-0.3, -0.25) is 0 Å². The number of anilines is 1. The van der Waals surface area contributed by atoms with Gasteiger partial charge in [-0.1, -0.05) is 0 Å². The Labute approximate surface area is 103 Å². The molecule has 1 aromatic rings. The van der Waals surface area contributed by atoms with E-state index in [-0.39, 0.29) is 0 Å². The van der Waals surface area contributed by atoms with Crippen molar-refractivity contribution in [3.63, 3.8) is 0 Å². The van der Waals surface area contributed by atoms with Gasteiger partial charge in [-0.25, -0.2) is 0 Å². The number of nitrogens with one attached hydrogen (secondary N) is 1.